The number of hydrogen-bond donors (Lipinski definition) is 0. The van der Waals surface area contributed by atoms with Gasteiger partial charge in [0.25, 0.3) is 0 Å². The molecule has 2 rings (SSSR count). The van der Waals surface area contributed by atoms with E-state index in [2.05, 4.69) is 23.0 Å². The minimum atomic E-state index is 0.568. The molecule has 15 heavy (non-hydrogen) atoms. The first-order chi connectivity index (χ1) is 7.31. The lowest BCUT2D eigenvalue weighted by atomic mass is 10.2. The Kier molecular flexibility index (Phi) is 3.54. The van der Waals surface area contributed by atoms with Gasteiger partial charge in [0.1, 0.15) is 16.3 Å². The number of unbranched alkanes of at least 4 members (excludes halogenated alkanes) is 2. The van der Waals surface area contributed by atoms with Crippen LogP contribution in [-0.4, -0.2) is 9.97 Å². The monoisotopic (exact) mass is 240 g/mol. The molecule has 4 heteroatoms. The molecule has 0 N–H and O–H groups in total. The Balaban J connectivity index is 2.20. The van der Waals surface area contributed by atoms with Gasteiger partial charge < -0.3 is 0 Å². The lowest BCUT2D eigenvalue weighted by Gasteiger charge is -1.93. The summed E-state index contributed by atoms with van der Waals surface area (Å²) in [6, 6.07) is 2.12. The maximum Gasteiger partial charge on any atom is 0.141 e. The zero-order valence-electron chi connectivity index (χ0n) is 8.66. The lowest BCUT2D eigenvalue weighted by Crippen LogP contribution is -1.79. The van der Waals surface area contributed by atoms with Crippen LogP contribution in [0.25, 0.3) is 10.2 Å². The highest BCUT2D eigenvalue weighted by molar-refractivity contribution is 7.18. The first-order valence-electron chi connectivity index (χ1n) is 5.20. The molecule has 0 atom stereocenters. The summed E-state index contributed by atoms with van der Waals surface area (Å²) in [5.74, 6) is 0. The topological polar surface area (TPSA) is 25.8 Å². The smallest absolute Gasteiger partial charge is 0.141 e. The fourth-order valence-corrected chi connectivity index (χ4v) is 2.83. The van der Waals surface area contributed by atoms with E-state index < -0.39 is 0 Å². The normalized spacial score (nSPS) is 11.1. The first kappa shape index (κ1) is 10.8. The molecule has 0 bridgehead atoms. The molecule has 0 amide bonds. The lowest BCUT2D eigenvalue weighted by molar-refractivity contribution is 0.723. The standard InChI is InChI=1S/C11H13ClN2S/c1-2-3-4-5-8-6-9-10(12)13-7-14-11(9)15-8/h6-7H,2-5H2,1H3. The van der Waals surface area contributed by atoms with E-state index in [1.165, 1.54) is 30.5 Å². The van der Waals surface area contributed by atoms with Gasteiger partial charge in [-0.2, -0.15) is 0 Å². The molecule has 0 unspecified atom stereocenters. The van der Waals surface area contributed by atoms with Crippen LogP contribution in [0, 0.1) is 0 Å². The highest BCUT2D eigenvalue weighted by atomic mass is 35.5. The van der Waals surface area contributed by atoms with Gasteiger partial charge in [-0.25, -0.2) is 9.97 Å². The Hall–Kier alpha value is -0.670. The van der Waals surface area contributed by atoms with Gasteiger partial charge in [-0.3, -0.25) is 0 Å². The molecule has 0 aliphatic carbocycles. The van der Waals surface area contributed by atoms with E-state index in [1.807, 2.05) is 0 Å². The molecular formula is C11H13ClN2S. The van der Waals surface area contributed by atoms with E-state index >= 15 is 0 Å². The van der Waals surface area contributed by atoms with Crippen molar-refractivity contribution in [3.8, 4) is 0 Å². The van der Waals surface area contributed by atoms with Crippen molar-refractivity contribution in [1.82, 2.24) is 9.97 Å². The molecule has 0 aromatic carbocycles. The highest BCUT2D eigenvalue weighted by Gasteiger charge is 2.06. The van der Waals surface area contributed by atoms with E-state index in [-0.39, 0.29) is 0 Å². The molecule has 0 spiro atoms. The summed E-state index contributed by atoms with van der Waals surface area (Å²) in [5.41, 5.74) is 0. The molecule has 2 aromatic rings. The predicted molar refractivity (Wildman–Crippen MR) is 65.7 cm³/mol. The van der Waals surface area contributed by atoms with E-state index in [0.717, 1.165) is 16.6 Å². The molecule has 0 saturated heterocycles. The van der Waals surface area contributed by atoms with Gasteiger partial charge in [-0.05, 0) is 18.9 Å². The predicted octanol–water partition coefficient (Wildman–Crippen LogP) is 4.08. The molecule has 0 fully saturated rings. The summed E-state index contributed by atoms with van der Waals surface area (Å²) < 4.78 is 0. The van der Waals surface area contributed by atoms with Crippen LogP contribution in [0.1, 0.15) is 31.1 Å². The Morgan fingerprint density at radius 2 is 2.20 bits per heavy atom. The molecule has 0 aliphatic rings. The number of nitrogens with zero attached hydrogens (tertiary/aromatic N) is 2. The van der Waals surface area contributed by atoms with Crippen LogP contribution in [0.5, 0.6) is 0 Å². The van der Waals surface area contributed by atoms with Crippen LogP contribution < -0.4 is 0 Å². The molecule has 0 saturated carbocycles. The molecular weight excluding hydrogens is 228 g/mol. The van der Waals surface area contributed by atoms with Crippen LogP contribution in [0.2, 0.25) is 5.15 Å². The second-order valence-electron chi connectivity index (χ2n) is 3.55. The summed E-state index contributed by atoms with van der Waals surface area (Å²) in [7, 11) is 0. The van der Waals surface area contributed by atoms with Crippen molar-refractivity contribution in [1.29, 1.82) is 0 Å². The van der Waals surface area contributed by atoms with Gasteiger partial charge in [-0.15, -0.1) is 11.3 Å². The molecule has 0 aliphatic heterocycles. The summed E-state index contributed by atoms with van der Waals surface area (Å²) in [6.45, 7) is 2.22. The fourth-order valence-electron chi connectivity index (χ4n) is 1.55. The van der Waals surface area contributed by atoms with Gasteiger partial charge in [0.15, 0.2) is 0 Å². The van der Waals surface area contributed by atoms with E-state index in [4.69, 9.17) is 11.6 Å². The summed E-state index contributed by atoms with van der Waals surface area (Å²) >= 11 is 7.71. The van der Waals surface area contributed by atoms with Crippen molar-refractivity contribution >= 4 is 33.2 Å². The molecule has 80 valence electrons. The van der Waals surface area contributed by atoms with Crippen LogP contribution in [0.15, 0.2) is 12.4 Å². The van der Waals surface area contributed by atoms with Gasteiger partial charge in [0, 0.05) is 10.3 Å². The van der Waals surface area contributed by atoms with Crippen molar-refractivity contribution in [2.45, 2.75) is 32.6 Å². The maximum absolute atomic E-state index is 5.99. The Labute approximate surface area is 98.3 Å². The molecule has 2 aromatic heterocycles. The van der Waals surface area contributed by atoms with Crippen molar-refractivity contribution in [2.75, 3.05) is 0 Å². The van der Waals surface area contributed by atoms with Gasteiger partial charge in [-0.1, -0.05) is 31.4 Å². The second kappa shape index (κ2) is 4.90. The average Bonchev–Trinajstić information content (AvgIpc) is 2.63. The van der Waals surface area contributed by atoms with Crippen LogP contribution in [0.4, 0.5) is 0 Å². The molecule has 0 radical (unpaired) electrons. The minimum absolute atomic E-state index is 0.568. The number of rotatable bonds is 4. The third kappa shape index (κ3) is 2.47. The fraction of sp³-hybridized carbons (Fsp3) is 0.455. The largest absolute Gasteiger partial charge is 0.225 e. The third-order valence-electron chi connectivity index (χ3n) is 2.36. The Bertz CT molecular complexity index is 453. The Morgan fingerprint density at radius 1 is 1.33 bits per heavy atom. The maximum atomic E-state index is 5.99. The number of halogens is 1. The zero-order valence-corrected chi connectivity index (χ0v) is 10.2. The third-order valence-corrected chi connectivity index (χ3v) is 3.76. The summed E-state index contributed by atoms with van der Waals surface area (Å²) in [6.07, 6.45) is 6.44. The van der Waals surface area contributed by atoms with Crippen molar-refractivity contribution in [3.05, 3.63) is 22.4 Å². The van der Waals surface area contributed by atoms with E-state index in [0.29, 0.717) is 5.15 Å². The number of fused-ring (bicyclic) bond motifs is 1. The van der Waals surface area contributed by atoms with Crippen molar-refractivity contribution in [3.63, 3.8) is 0 Å². The second-order valence-corrected chi connectivity index (χ2v) is 5.03. The zero-order chi connectivity index (χ0) is 10.7. The van der Waals surface area contributed by atoms with Crippen LogP contribution in [-0.2, 0) is 6.42 Å². The number of aromatic nitrogens is 2. The van der Waals surface area contributed by atoms with Crippen molar-refractivity contribution in [2.24, 2.45) is 0 Å². The van der Waals surface area contributed by atoms with E-state index in [1.54, 1.807) is 11.3 Å². The number of thiophene rings is 1. The van der Waals surface area contributed by atoms with Crippen molar-refractivity contribution < 1.29 is 0 Å². The SMILES string of the molecule is CCCCCc1cc2c(Cl)ncnc2s1. The first-order valence-corrected chi connectivity index (χ1v) is 6.39. The van der Waals surface area contributed by atoms with Gasteiger partial charge in [0.05, 0.1) is 0 Å². The minimum Gasteiger partial charge on any atom is -0.225 e. The van der Waals surface area contributed by atoms with E-state index in [9.17, 15) is 0 Å². The number of aryl methyl sites for hydroxylation is 1. The van der Waals surface area contributed by atoms with Gasteiger partial charge >= 0.3 is 0 Å². The highest BCUT2D eigenvalue weighted by Crippen LogP contribution is 2.28. The van der Waals surface area contributed by atoms with Gasteiger partial charge in [0.2, 0.25) is 0 Å². The average molecular weight is 241 g/mol. The summed E-state index contributed by atoms with van der Waals surface area (Å²) in [5, 5.41) is 1.56. The van der Waals surface area contributed by atoms with Crippen LogP contribution in [0.3, 0.4) is 0 Å². The van der Waals surface area contributed by atoms with Crippen LogP contribution >= 0.6 is 22.9 Å². The Morgan fingerprint density at radius 3 is 2.93 bits per heavy atom. The molecule has 2 nitrogen and oxygen atoms in total. The molecule has 2 heterocycles. The number of hydrogen-bond acceptors (Lipinski definition) is 3. The summed E-state index contributed by atoms with van der Waals surface area (Å²) in [4.78, 5) is 10.6. The quantitative estimate of drug-likeness (QED) is 0.595.